The number of rotatable bonds is 4. The summed E-state index contributed by atoms with van der Waals surface area (Å²) in [6, 6.07) is 2.26. The van der Waals surface area contributed by atoms with E-state index in [4.69, 9.17) is 4.74 Å². The lowest BCUT2D eigenvalue weighted by Crippen LogP contribution is -2.44. The molecule has 0 spiro atoms. The number of aryl methyl sites for hydroxylation is 1. The molecule has 1 saturated heterocycles. The summed E-state index contributed by atoms with van der Waals surface area (Å²) in [5.74, 6) is 0.172. The minimum atomic E-state index is 0. The van der Waals surface area contributed by atoms with Gasteiger partial charge in [-0.25, -0.2) is 0 Å². The first kappa shape index (κ1) is 16.4. The van der Waals surface area contributed by atoms with Crippen LogP contribution in [0.5, 0.6) is 0 Å². The molecule has 1 amide bonds. The van der Waals surface area contributed by atoms with Crippen LogP contribution in [0.3, 0.4) is 0 Å². The Morgan fingerprint density at radius 2 is 2.42 bits per heavy atom. The van der Waals surface area contributed by atoms with Gasteiger partial charge in [-0.05, 0) is 23.9 Å². The molecule has 1 atom stereocenters. The van der Waals surface area contributed by atoms with Crippen molar-refractivity contribution in [2.45, 2.75) is 25.9 Å². The van der Waals surface area contributed by atoms with Gasteiger partial charge in [0.25, 0.3) is 0 Å². The van der Waals surface area contributed by atoms with Gasteiger partial charge >= 0.3 is 0 Å². The Labute approximate surface area is 124 Å². The van der Waals surface area contributed by atoms with Gasteiger partial charge in [-0.15, -0.1) is 23.7 Å². The third-order valence-corrected chi connectivity index (χ3v) is 4.20. The van der Waals surface area contributed by atoms with Gasteiger partial charge in [-0.3, -0.25) is 4.79 Å². The highest BCUT2D eigenvalue weighted by molar-refractivity contribution is 7.10. The molecule has 19 heavy (non-hydrogen) atoms. The number of ether oxygens (including phenoxy) is 1. The van der Waals surface area contributed by atoms with Crippen LogP contribution >= 0.6 is 23.7 Å². The fourth-order valence-corrected chi connectivity index (χ4v) is 2.95. The molecule has 1 fully saturated rings. The second-order valence-electron chi connectivity index (χ2n) is 4.71. The maximum atomic E-state index is 12.1. The third kappa shape index (κ3) is 4.76. The highest BCUT2D eigenvalue weighted by Crippen LogP contribution is 2.17. The van der Waals surface area contributed by atoms with Gasteiger partial charge in [0.15, 0.2) is 0 Å². The Kier molecular flexibility index (Phi) is 6.79. The van der Waals surface area contributed by atoms with Gasteiger partial charge < -0.3 is 15.0 Å². The lowest BCUT2D eigenvalue weighted by Gasteiger charge is -2.25. The summed E-state index contributed by atoms with van der Waals surface area (Å²) in [7, 11) is 1.87. The van der Waals surface area contributed by atoms with Crippen molar-refractivity contribution >= 4 is 29.7 Å². The number of hydrogen-bond donors (Lipinski definition) is 1. The standard InChI is InChI=1S/C13H20N2O2S.ClH/c1-10-3-6-18-12(10)8-15(2)13(16)7-11-9-17-5-4-14-11;/h3,6,11,14H,4-5,7-9H2,1-2H3;1H. The topological polar surface area (TPSA) is 41.6 Å². The molecule has 108 valence electrons. The molecule has 0 saturated carbocycles. The number of carbonyl (C=O) groups is 1. The van der Waals surface area contributed by atoms with E-state index in [1.165, 1.54) is 10.4 Å². The largest absolute Gasteiger partial charge is 0.378 e. The molecule has 4 nitrogen and oxygen atoms in total. The first-order valence-electron chi connectivity index (χ1n) is 6.25. The molecule has 1 unspecified atom stereocenters. The van der Waals surface area contributed by atoms with Gasteiger partial charge in [0, 0.05) is 30.9 Å². The molecular formula is C13H21ClN2O2S. The molecule has 0 aromatic carbocycles. The maximum absolute atomic E-state index is 12.1. The highest BCUT2D eigenvalue weighted by Gasteiger charge is 2.19. The normalized spacial score (nSPS) is 18.7. The summed E-state index contributed by atoms with van der Waals surface area (Å²) in [5, 5.41) is 5.37. The van der Waals surface area contributed by atoms with E-state index in [2.05, 4.69) is 23.7 Å². The Morgan fingerprint density at radius 1 is 1.63 bits per heavy atom. The van der Waals surface area contributed by atoms with Crippen LogP contribution < -0.4 is 5.32 Å². The van der Waals surface area contributed by atoms with Crippen molar-refractivity contribution in [3.63, 3.8) is 0 Å². The number of thiophene rings is 1. The van der Waals surface area contributed by atoms with Crippen molar-refractivity contribution in [2.24, 2.45) is 0 Å². The Morgan fingerprint density at radius 3 is 3.00 bits per heavy atom. The van der Waals surface area contributed by atoms with Crippen LogP contribution in [-0.2, 0) is 16.1 Å². The monoisotopic (exact) mass is 304 g/mol. The van der Waals surface area contributed by atoms with Crippen molar-refractivity contribution in [3.8, 4) is 0 Å². The smallest absolute Gasteiger partial charge is 0.224 e. The summed E-state index contributed by atoms with van der Waals surface area (Å²) in [6.45, 7) is 5.01. The third-order valence-electron chi connectivity index (χ3n) is 3.19. The van der Waals surface area contributed by atoms with Gasteiger partial charge in [-0.1, -0.05) is 0 Å². The molecule has 1 N–H and O–H groups in total. The predicted octanol–water partition coefficient (Wildman–Crippen LogP) is 1.82. The van der Waals surface area contributed by atoms with E-state index in [9.17, 15) is 4.79 Å². The van der Waals surface area contributed by atoms with Crippen LogP contribution in [-0.4, -0.2) is 43.7 Å². The number of morpholine rings is 1. The molecule has 6 heteroatoms. The lowest BCUT2D eigenvalue weighted by molar-refractivity contribution is -0.131. The van der Waals surface area contributed by atoms with Crippen molar-refractivity contribution in [2.75, 3.05) is 26.8 Å². The van der Waals surface area contributed by atoms with Crippen LogP contribution in [0.4, 0.5) is 0 Å². The Balaban J connectivity index is 0.00000180. The van der Waals surface area contributed by atoms with Gasteiger partial charge in [-0.2, -0.15) is 0 Å². The second kappa shape index (κ2) is 7.85. The molecule has 1 aromatic heterocycles. The zero-order valence-electron chi connectivity index (χ0n) is 11.3. The minimum absolute atomic E-state index is 0. The van der Waals surface area contributed by atoms with Gasteiger partial charge in [0.2, 0.25) is 5.91 Å². The van der Waals surface area contributed by atoms with Crippen LogP contribution in [0.2, 0.25) is 0 Å². The predicted molar refractivity (Wildman–Crippen MR) is 80.0 cm³/mol. The van der Waals surface area contributed by atoms with E-state index in [1.807, 2.05) is 7.05 Å². The number of halogens is 1. The molecule has 2 rings (SSSR count). The second-order valence-corrected chi connectivity index (χ2v) is 5.71. The zero-order chi connectivity index (χ0) is 13.0. The van der Waals surface area contributed by atoms with Gasteiger partial charge in [0.1, 0.15) is 0 Å². The average Bonchev–Trinajstić information content (AvgIpc) is 2.76. The number of carbonyl (C=O) groups excluding carboxylic acids is 1. The minimum Gasteiger partial charge on any atom is -0.378 e. The molecule has 0 bridgehead atoms. The van der Waals surface area contributed by atoms with E-state index in [-0.39, 0.29) is 24.4 Å². The summed E-state index contributed by atoms with van der Waals surface area (Å²) >= 11 is 1.71. The molecule has 2 heterocycles. The molecule has 1 aliphatic rings. The molecule has 0 radical (unpaired) electrons. The van der Waals surface area contributed by atoms with Crippen molar-refractivity contribution in [3.05, 3.63) is 21.9 Å². The fourth-order valence-electron chi connectivity index (χ4n) is 1.99. The molecular weight excluding hydrogens is 284 g/mol. The van der Waals surface area contributed by atoms with Crippen molar-refractivity contribution in [1.29, 1.82) is 0 Å². The summed E-state index contributed by atoms with van der Waals surface area (Å²) in [6.07, 6.45) is 0.515. The van der Waals surface area contributed by atoms with Crippen molar-refractivity contribution in [1.82, 2.24) is 10.2 Å². The molecule has 1 aliphatic heterocycles. The Bertz CT molecular complexity index is 405. The SMILES string of the molecule is Cc1ccsc1CN(C)C(=O)CC1COCCN1.Cl. The number of nitrogens with zero attached hydrogens (tertiary/aromatic N) is 1. The van der Waals surface area contributed by atoms with E-state index in [1.54, 1.807) is 16.2 Å². The van der Waals surface area contributed by atoms with Crippen molar-refractivity contribution < 1.29 is 9.53 Å². The molecule has 0 aliphatic carbocycles. The maximum Gasteiger partial charge on any atom is 0.224 e. The first-order chi connectivity index (χ1) is 8.66. The fraction of sp³-hybridized carbons (Fsp3) is 0.615. The summed E-state index contributed by atoms with van der Waals surface area (Å²) in [4.78, 5) is 15.1. The Hall–Kier alpha value is -0.620. The first-order valence-corrected chi connectivity index (χ1v) is 7.13. The molecule has 1 aromatic rings. The number of amides is 1. The lowest BCUT2D eigenvalue weighted by atomic mass is 10.2. The van der Waals surface area contributed by atoms with E-state index in [0.29, 0.717) is 19.6 Å². The quantitative estimate of drug-likeness (QED) is 0.922. The van der Waals surface area contributed by atoms with Crippen LogP contribution in [0.25, 0.3) is 0 Å². The summed E-state index contributed by atoms with van der Waals surface area (Å²) in [5.41, 5.74) is 1.26. The highest BCUT2D eigenvalue weighted by atomic mass is 35.5. The number of nitrogens with one attached hydrogen (secondary N) is 1. The van der Waals surface area contributed by atoms with Crippen LogP contribution in [0.15, 0.2) is 11.4 Å². The van der Waals surface area contributed by atoms with E-state index in [0.717, 1.165) is 13.2 Å². The average molecular weight is 305 g/mol. The van der Waals surface area contributed by atoms with Crippen LogP contribution in [0, 0.1) is 6.92 Å². The van der Waals surface area contributed by atoms with Gasteiger partial charge in [0.05, 0.1) is 19.8 Å². The summed E-state index contributed by atoms with van der Waals surface area (Å²) < 4.78 is 5.36. The van der Waals surface area contributed by atoms with Crippen LogP contribution in [0.1, 0.15) is 16.9 Å². The van der Waals surface area contributed by atoms with E-state index < -0.39 is 0 Å². The van der Waals surface area contributed by atoms with E-state index >= 15 is 0 Å². The zero-order valence-corrected chi connectivity index (χ0v) is 13.0. The number of hydrogen-bond acceptors (Lipinski definition) is 4.